The summed E-state index contributed by atoms with van der Waals surface area (Å²) in [5, 5.41) is 3.34. The summed E-state index contributed by atoms with van der Waals surface area (Å²) in [6.45, 7) is 2.88. The van der Waals surface area contributed by atoms with Crippen molar-refractivity contribution in [2.45, 2.75) is 12.6 Å². The Morgan fingerprint density at radius 3 is 2.92 bits per heavy atom. The van der Waals surface area contributed by atoms with Crippen LogP contribution in [0.4, 0.5) is 8.78 Å². The topological polar surface area (TPSA) is 41.3 Å². The van der Waals surface area contributed by atoms with E-state index in [-0.39, 0.29) is 17.7 Å². The minimum atomic E-state index is -0.343. The normalized spacial score (nSPS) is 19.0. The first-order chi connectivity index (χ1) is 11.7. The Morgan fingerprint density at radius 2 is 2.04 bits per heavy atom. The minimum Gasteiger partial charge on any atom is -0.439 e. The van der Waals surface area contributed by atoms with Gasteiger partial charge in [0.15, 0.2) is 5.58 Å². The Labute approximate surface area is 138 Å². The summed E-state index contributed by atoms with van der Waals surface area (Å²) >= 11 is 0. The summed E-state index contributed by atoms with van der Waals surface area (Å²) in [5.74, 6) is -0.0423. The van der Waals surface area contributed by atoms with Crippen molar-refractivity contribution >= 4 is 11.1 Å². The lowest BCUT2D eigenvalue weighted by atomic mass is 10.0. The van der Waals surface area contributed by atoms with Crippen LogP contribution in [0.3, 0.4) is 0 Å². The largest absolute Gasteiger partial charge is 0.439 e. The fraction of sp³-hybridized carbons (Fsp3) is 0.278. The molecule has 2 heterocycles. The molecule has 1 aromatic heterocycles. The smallest absolute Gasteiger partial charge is 0.209 e. The number of oxazole rings is 1. The molecule has 24 heavy (non-hydrogen) atoms. The van der Waals surface area contributed by atoms with E-state index < -0.39 is 0 Å². The molecule has 1 atom stereocenters. The predicted molar refractivity (Wildman–Crippen MR) is 86.4 cm³/mol. The third kappa shape index (κ3) is 3.02. The maximum Gasteiger partial charge on any atom is 0.209 e. The highest BCUT2D eigenvalue weighted by molar-refractivity contribution is 5.72. The lowest BCUT2D eigenvalue weighted by Crippen LogP contribution is -2.45. The third-order valence-corrected chi connectivity index (χ3v) is 4.32. The lowest BCUT2D eigenvalue weighted by molar-refractivity contribution is 0.141. The van der Waals surface area contributed by atoms with Gasteiger partial charge >= 0.3 is 0 Å². The third-order valence-electron chi connectivity index (χ3n) is 4.32. The standard InChI is InChI=1S/C18H17F2N3O/c19-13-3-1-2-12(8-13)16-10-21-6-7-23(16)11-18-22-15-5-4-14(20)9-17(15)24-18/h1-5,8-9,16,21H,6-7,10-11H2. The summed E-state index contributed by atoms with van der Waals surface area (Å²) < 4.78 is 32.5. The highest BCUT2D eigenvalue weighted by atomic mass is 19.1. The van der Waals surface area contributed by atoms with Gasteiger partial charge in [0.2, 0.25) is 5.89 Å². The summed E-state index contributed by atoms with van der Waals surface area (Å²) in [6.07, 6.45) is 0. The number of nitrogens with one attached hydrogen (secondary N) is 1. The molecule has 0 aliphatic carbocycles. The number of hydrogen-bond acceptors (Lipinski definition) is 4. The number of halogens is 2. The SMILES string of the molecule is Fc1cccc(C2CNCCN2Cc2nc3ccc(F)cc3o2)c1. The van der Waals surface area contributed by atoms with Crippen LogP contribution in [0.1, 0.15) is 17.5 Å². The monoisotopic (exact) mass is 329 g/mol. The Kier molecular flexibility index (Phi) is 4.00. The molecule has 1 aliphatic heterocycles. The quantitative estimate of drug-likeness (QED) is 0.801. The van der Waals surface area contributed by atoms with Crippen molar-refractivity contribution in [1.29, 1.82) is 0 Å². The molecule has 1 N–H and O–H groups in total. The fourth-order valence-corrected chi connectivity index (χ4v) is 3.17. The molecule has 0 saturated carbocycles. The molecular weight excluding hydrogens is 312 g/mol. The average Bonchev–Trinajstić information content (AvgIpc) is 2.96. The number of aromatic nitrogens is 1. The van der Waals surface area contributed by atoms with Crippen molar-refractivity contribution in [2.24, 2.45) is 0 Å². The van der Waals surface area contributed by atoms with Gasteiger partial charge in [0.05, 0.1) is 6.54 Å². The van der Waals surface area contributed by atoms with Crippen LogP contribution < -0.4 is 5.32 Å². The predicted octanol–water partition coefficient (Wildman–Crippen LogP) is 3.25. The Morgan fingerprint density at radius 1 is 1.17 bits per heavy atom. The van der Waals surface area contributed by atoms with Crippen LogP contribution in [-0.4, -0.2) is 29.5 Å². The molecule has 4 rings (SSSR count). The second kappa shape index (κ2) is 6.30. The molecule has 3 aromatic rings. The second-order valence-corrected chi connectivity index (χ2v) is 5.97. The molecule has 4 nitrogen and oxygen atoms in total. The van der Waals surface area contributed by atoms with Crippen LogP contribution in [0.2, 0.25) is 0 Å². The molecule has 6 heteroatoms. The van der Waals surface area contributed by atoms with E-state index in [1.54, 1.807) is 18.2 Å². The molecule has 2 aromatic carbocycles. The fourth-order valence-electron chi connectivity index (χ4n) is 3.17. The van der Waals surface area contributed by atoms with Crippen LogP contribution in [0.25, 0.3) is 11.1 Å². The zero-order valence-electron chi connectivity index (χ0n) is 13.0. The van der Waals surface area contributed by atoms with Gasteiger partial charge in [-0.3, -0.25) is 4.90 Å². The van der Waals surface area contributed by atoms with Crippen LogP contribution in [0, 0.1) is 11.6 Å². The van der Waals surface area contributed by atoms with Crippen molar-refractivity contribution in [3.63, 3.8) is 0 Å². The number of nitrogens with zero attached hydrogens (tertiary/aromatic N) is 2. The van der Waals surface area contributed by atoms with E-state index >= 15 is 0 Å². The van der Waals surface area contributed by atoms with E-state index in [1.165, 1.54) is 18.2 Å². The van der Waals surface area contributed by atoms with E-state index in [2.05, 4.69) is 15.2 Å². The van der Waals surface area contributed by atoms with Gasteiger partial charge < -0.3 is 9.73 Å². The maximum absolute atomic E-state index is 13.5. The molecule has 1 fully saturated rings. The Bertz CT molecular complexity index is 864. The molecule has 0 radical (unpaired) electrons. The molecular formula is C18H17F2N3O. The van der Waals surface area contributed by atoms with Gasteiger partial charge in [-0.05, 0) is 29.8 Å². The highest BCUT2D eigenvalue weighted by Gasteiger charge is 2.25. The minimum absolute atomic E-state index is 0.0428. The Balaban J connectivity index is 1.60. The van der Waals surface area contributed by atoms with Gasteiger partial charge in [-0.25, -0.2) is 13.8 Å². The number of benzene rings is 2. The summed E-state index contributed by atoms with van der Waals surface area (Å²) in [6, 6.07) is 11.0. The van der Waals surface area contributed by atoms with E-state index in [4.69, 9.17) is 4.42 Å². The molecule has 1 unspecified atom stereocenters. The highest BCUT2D eigenvalue weighted by Crippen LogP contribution is 2.26. The van der Waals surface area contributed by atoms with E-state index in [0.29, 0.717) is 23.5 Å². The Hall–Kier alpha value is -2.31. The first-order valence-electron chi connectivity index (χ1n) is 7.94. The van der Waals surface area contributed by atoms with Gasteiger partial charge in [-0.2, -0.15) is 0 Å². The van der Waals surface area contributed by atoms with Gasteiger partial charge in [-0.1, -0.05) is 12.1 Å². The first kappa shape index (κ1) is 15.2. The maximum atomic E-state index is 13.5. The van der Waals surface area contributed by atoms with Crippen molar-refractivity contribution in [2.75, 3.05) is 19.6 Å². The lowest BCUT2D eigenvalue weighted by Gasteiger charge is -2.35. The van der Waals surface area contributed by atoms with Crippen LogP contribution in [-0.2, 0) is 6.54 Å². The average molecular weight is 329 g/mol. The first-order valence-corrected chi connectivity index (χ1v) is 7.94. The van der Waals surface area contributed by atoms with Crippen LogP contribution in [0.5, 0.6) is 0 Å². The van der Waals surface area contributed by atoms with E-state index in [9.17, 15) is 8.78 Å². The van der Waals surface area contributed by atoms with Gasteiger partial charge in [0, 0.05) is 31.7 Å². The van der Waals surface area contributed by atoms with E-state index in [1.807, 2.05) is 6.07 Å². The zero-order chi connectivity index (χ0) is 16.5. The van der Waals surface area contributed by atoms with Gasteiger partial charge in [0.25, 0.3) is 0 Å². The van der Waals surface area contributed by atoms with Crippen molar-refractivity contribution in [3.8, 4) is 0 Å². The second-order valence-electron chi connectivity index (χ2n) is 5.97. The zero-order valence-corrected chi connectivity index (χ0v) is 13.0. The summed E-state index contributed by atoms with van der Waals surface area (Å²) in [5.41, 5.74) is 2.01. The number of rotatable bonds is 3. The molecule has 0 amide bonds. The number of piperazine rings is 1. The van der Waals surface area contributed by atoms with Gasteiger partial charge in [-0.15, -0.1) is 0 Å². The number of hydrogen-bond donors (Lipinski definition) is 1. The molecule has 0 bridgehead atoms. The summed E-state index contributed by atoms with van der Waals surface area (Å²) in [7, 11) is 0. The van der Waals surface area contributed by atoms with Crippen molar-refractivity contribution in [1.82, 2.24) is 15.2 Å². The molecule has 0 spiro atoms. The molecule has 1 saturated heterocycles. The van der Waals surface area contributed by atoms with Crippen LogP contribution in [0.15, 0.2) is 46.9 Å². The number of fused-ring (bicyclic) bond motifs is 1. The molecule has 124 valence electrons. The molecule has 1 aliphatic rings. The van der Waals surface area contributed by atoms with E-state index in [0.717, 1.165) is 25.2 Å². The summed E-state index contributed by atoms with van der Waals surface area (Å²) in [4.78, 5) is 6.62. The van der Waals surface area contributed by atoms with Crippen molar-refractivity contribution < 1.29 is 13.2 Å². The van der Waals surface area contributed by atoms with Gasteiger partial charge in [0.1, 0.15) is 17.2 Å². The van der Waals surface area contributed by atoms with Crippen LogP contribution >= 0.6 is 0 Å². The van der Waals surface area contributed by atoms with Crippen molar-refractivity contribution in [3.05, 3.63) is 65.6 Å².